The molecular formula is C14H22N2OS. The molecule has 0 saturated carbocycles. The number of thiophene rings is 1. The lowest BCUT2D eigenvalue weighted by Crippen LogP contribution is -2.43. The number of carbonyl (C=O) groups is 1. The number of hydrogen-bond donors (Lipinski definition) is 1. The van der Waals surface area contributed by atoms with Gasteiger partial charge >= 0.3 is 0 Å². The van der Waals surface area contributed by atoms with Crippen LogP contribution in [0.5, 0.6) is 0 Å². The van der Waals surface area contributed by atoms with Crippen molar-refractivity contribution < 1.29 is 4.79 Å². The van der Waals surface area contributed by atoms with Crippen molar-refractivity contribution in [2.45, 2.75) is 32.7 Å². The Morgan fingerprint density at radius 3 is 3.11 bits per heavy atom. The summed E-state index contributed by atoms with van der Waals surface area (Å²) in [7, 11) is 0. The Hall–Kier alpha value is -0.870. The highest BCUT2D eigenvalue weighted by Crippen LogP contribution is 2.18. The summed E-state index contributed by atoms with van der Waals surface area (Å²) >= 11 is 1.50. The highest BCUT2D eigenvalue weighted by Gasteiger charge is 2.22. The number of amides is 1. The fraction of sp³-hybridized carbons (Fsp3) is 0.643. The highest BCUT2D eigenvalue weighted by atomic mass is 32.1. The first-order valence-electron chi connectivity index (χ1n) is 6.72. The van der Waals surface area contributed by atoms with Crippen LogP contribution in [-0.4, -0.2) is 36.5 Å². The van der Waals surface area contributed by atoms with Gasteiger partial charge in [0, 0.05) is 19.1 Å². The average Bonchev–Trinajstić information content (AvgIpc) is 2.90. The van der Waals surface area contributed by atoms with E-state index in [2.05, 4.69) is 24.1 Å². The van der Waals surface area contributed by atoms with Gasteiger partial charge in [0.25, 0.3) is 5.91 Å². The maximum Gasteiger partial charge on any atom is 0.261 e. The van der Waals surface area contributed by atoms with Gasteiger partial charge in [0.2, 0.25) is 0 Å². The van der Waals surface area contributed by atoms with E-state index in [9.17, 15) is 4.79 Å². The number of likely N-dealkylation sites (tertiary alicyclic amines) is 1. The minimum Gasteiger partial charge on any atom is -0.351 e. The van der Waals surface area contributed by atoms with Gasteiger partial charge in [0.15, 0.2) is 0 Å². The molecule has 0 aromatic carbocycles. The molecular weight excluding hydrogens is 244 g/mol. The summed E-state index contributed by atoms with van der Waals surface area (Å²) in [6.45, 7) is 7.61. The molecule has 3 nitrogen and oxygen atoms in total. The lowest BCUT2D eigenvalue weighted by atomic mass is 9.97. The first kappa shape index (κ1) is 13.6. The summed E-state index contributed by atoms with van der Waals surface area (Å²) < 4.78 is 0. The molecule has 4 heteroatoms. The zero-order chi connectivity index (χ0) is 13.0. The van der Waals surface area contributed by atoms with Crippen molar-refractivity contribution >= 4 is 17.2 Å². The van der Waals surface area contributed by atoms with Gasteiger partial charge in [-0.3, -0.25) is 4.79 Å². The Morgan fingerprint density at radius 2 is 2.44 bits per heavy atom. The van der Waals surface area contributed by atoms with Crippen LogP contribution in [0, 0.1) is 5.92 Å². The van der Waals surface area contributed by atoms with Gasteiger partial charge in [-0.05, 0) is 50.6 Å². The minimum atomic E-state index is 0.0756. The van der Waals surface area contributed by atoms with Crippen molar-refractivity contribution in [2.24, 2.45) is 5.92 Å². The maximum atomic E-state index is 11.8. The second-order valence-electron chi connectivity index (χ2n) is 5.28. The number of hydrogen-bond acceptors (Lipinski definition) is 3. The molecule has 1 aromatic rings. The molecule has 1 N–H and O–H groups in total. The normalized spacial score (nSPS) is 21.2. The van der Waals surface area contributed by atoms with Crippen molar-refractivity contribution in [2.75, 3.05) is 19.6 Å². The van der Waals surface area contributed by atoms with E-state index in [1.807, 2.05) is 17.5 Å². The van der Waals surface area contributed by atoms with Crippen LogP contribution in [0.25, 0.3) is 0 Å². The Morgan fingerprint density at radius 1 is 1.61 bits per heavy atom. The summed E-state index contributed by atoms with van der Waals surface area (Å²) in [5.41, 5.74) is 0. The second-order valence-corrected chi connectivity index (χ2v) is 6.23. The van der Waals surface area contributed by atoms with E-state index < -0.39 is 0 Å². The molecule has 100 valence electrons. The summed E-state index contributed by atoms with van der Waals surface area (Å²) in [4.78, 5) is 15.2. The third kappa shape index (κ3) is 3.56. The molecule has 18 heavy (non-hydrogen) atoms. The molecule has 1 aliphatic heterocycles. The van der Waals surface area contributed by atoms with Gasteiger partial charge in [-0.1, -0.05) is 6.07 Å². The van der Waals surface area contributed by atoms with E-state index in [1.54, 1.807) is 0 Å². The van der Waals surface area contributed by atoms with Crippen LogP contribution in [0.1, 0.15) is 36.4 Å². The summed E-state index contributed by atoms with van der Waals surface area (Å²) in [5, 5.41) is 5.00. The van der Waals surface area contributed by atoms with Crippen LogP contribution < -0.4 is 5.32 Å². The largest absolute Gasteiger partial charge is 0.351 e. The standard InChI is InChI=1S/C14H22N2OS/c1-11(2)16-7-3-5-12(10-16)9-15-14(17)13-6-4-8-18-13/h4,6,8,11-12H,3,5,7,9-10H2,1-2H3,(H,15,17)/t12-/m1/s1. The van der Waals surface area contributed by atoms with Crippen molar-refractivity contribution in [1.82, 2.24) is 10.2 Å². The van der Waals surface area contributed by atoms with Crippen LogP contribution in [0.3, 0.4) is 0 Å². The van der Waals surface area contributed by atoms with Gasteiger partial charge in [-0.25, -0.2) is 0 Å². The Balaban J connectivity index is 1.78. The summed E-state index contributed by atoms with van der Waals surface area (Å²) in [5.74, 6) is 0.678. The van der Waals surface area contributed by atoms with E-state index in [0.29, 0.717) is 12.0 Å². The van der Waals surface area contributed by atoms with Crippen LogP contribution in [0.15, 0.2) is 17.5 Å². The molecule has 0 unspecified atom stereocenters. The molecule has 1 fully saturated rings. The van der Waals surface area contributed by atoms with Crippen LogP contribution in [0.2, 0.25) is 0 Å². The Labute approximate surface area is 113 Å². The maximum absolute atomic E-state index is 11.8. The van der Waals surface area contributed by atoms with E-state index in [1.165, 1.54) is 30.7 Å². The molecule has 0 aliphatic carbocycles. The van der Waals surface area contributed by atoms with Gasteiger partial charge in [-0.15, -0.1) is 11.3 Å². The van der Waals surface area contributed by atoms with Crippen molar-refractivity contribution in [1.29, 1.82) is 0 Å². The number of nitrogens with one attached hydrogen (secondary N) is 1. The molecule has 0 bridgehead atoms. The molecule has 1 saturated heterocycles. The topological polar surface area (TPSA) is 32.3 Å². The molecule has 0 radical (unpaired) electrons. The third-order valence-corrected chi connectivity index (χ3v) is 4.45. The fourth-order valence-corrected chi connectivity index (χ4v) is 3.10. The molecule has 2 heterocycles. The number of nitrogens with zero attached hydrogens (tertiary/aromatic N) is 1. The lowest BCUT2D eigenvalue weighted by molar-refractivity contribution is 0.0926. The molecule has 2 rings (SSSR count). The van der Waals surface area contributed by atoms with E-state index in [4.69, 9.17) is 0 Å². The second kappa shape index (κ2) is 6.34. The molecule has 1 aliphatic rings. The predicted octanol–water partition coefficient (Wildman–Crippen LogP) is 2.60. The Bertz CT molecular complexity index is 375. The number of carbonyl (C=O) groups excluding carboxylic acids is 1. The predicted molar refractivity (Wildman–Crippen MR) is 76.1 cm³/mol. The van der Waals surface area contributed by atoms with Crippen LogP contribution in [-0.2, 0) is 0 Å². The van der Waals surface area contributed by atoms with Crippen molar-refractivity contribution in [3.05, 3.63) is 22.4 Å². The summed E-state index contributed by atoms with van der Waals surface area (Å²) in [6, 6.07) is 4.41. The molecule has 1 aromatic heterocycles. The fourth-order valence-electron chi connectivity index (χ4n) is 2.46. The van der Waals surface area contributed by atoms with Gasteiger partial charge < -0.3 is 10.2 Å². The summed E-state index contributed by atoms with van der Waals surface area (Å²) in [6.07, 6.45) is 2.48. The van der Waals surface area contributed by atoms with Gasteiger partial charge in [0.05, 0.1) is 4.88 Å². The van der Waals surface area contributed by atoms with Crippen LogP contribution >= 0.6 is 11.3 Å². The van der Waals surface area contributed by atoms with E-state index in [-0.39, 0.29) is 5.91 Å². The first-order valence-corrected chi connectivity index (χ1v) is 7.60. The third-order valence-electron chi connectivity index (χ3n) is 3.58. The monoisotopic (exact) mass is 266 g/mol. The van der Waals surface area contributed by atoms with Crippen LogP contribution in [0.4, 0.5) is 0 Å². The van der Waals surface area contributed by atoms with Crippen molar-refractivity contribution in [3.63, 3.8) is 0 Å². The quantitative estimate of drug-likeness (QED) is 0.908. The molecule has 0 spiro atoms. The first-order chi connectivity index (χ1) is 8.66. The smallest absolute Gasteiger partial charge is 0.261 e. The average molecular weight is 266 g/mol. The van der Waals surface area contributed by atoms with Gasteiger partial charge in [-0.2, -0.15) is 0 Å². The highest BCUT2D eigenvalue weighted by molar-refractivity contribution is 7.12. The Kier molecular flexibility index (Phi) is 4.78. The lowest BCUT2D eigenvalue weighted by Gasteiger charge is -2.35. The van der Waals surface area contributed by atoms with Crippen molar-refractivity contribution in [3.8, 4) is 0 Å². The minimum absolute atomic E-state index is 0.0756. The van der Waals surface area contributed by atoms with Gasteiger partial charge in [0.1, 0.15) is 0 Å². The van der Waals surface area contributed by atoms with E-state index in [0.717, 1.165) is 18.0 Å². The van der Waals surface area contributed by atoms with E-state index >= 15 is 0 Å². The zero-order valence-corrected chi connectivity index (χ0v) is 12.0. The SMILES string of the molecule is CC(C)N1CCC[C@H](CNC(=O)c2cccs2)C1. The number of rotatable bonds is 4. The molecule has 1 amide bonds. The molecule has 1 atom stereocenters. The zero-order valence-electron chi connectivity index (χ0n) is 11.2. The number of piperidine rings is 1.